The Kier molecular flexibility index (Phi) is 6.00. The van der Waals surface area contributed by atoms with Crippen LogP contribution in [0.1, 0.15) is 54.3 Å². The summed E-state index contributed by atoms with van der Waals surface area (Å²) in [7, 11) is 0. The Balaban J connectivity index is 1.28. The number of fused-ring (bicyclic) bond motifs is 1. The number of pyridine rings is 3. The summed E-state index contributed by atoms with van der Waals surface area (Å²) in [6.45, 7) is 4.16. The highest BCUT2D eigenvalue weighted by atomic mass is 16.3. The van der Waals surface area contributed by atoms with Gasteiger partial charge in [0.1, 0.15) is 16.9 Å². The number of benzene rings is 1. The number of carbonyl (C=O) groups excluding carboxylic acids is 1. The smallest absolute Gasteiger partial charge is 0.254 e. The molecule has 0 saturated carbocycles. The Hall–Kier alpha value is -4.36. The van der Waals surface area contributed by atoms with Gasteiger partial charge in [-0.05, 0) is 74.2 Å². The number of amides is 1. The van der Waals surface area contributed by atoms with Crippen molar-refractivity contribution in [3.8, 4) is 22.5 Å². The molecule has 7 heteroatoms. The van der Waals surface area contributed by atoms with Gasteiger partial charge in [-0.25, -0.2) is 0 Å². The molecule has 1 fully saturated rings. The highest BCUT2D eigenvalue weighted by molar-refractivity contribution is 5.96. The van der Waals surface area contributed by atoms with Crippen LogP contribution >= 0.6 is 0 Å². The minimum absolute atomic E-state index is 0.0248. The summed E-state index contributed by atoms with van der Waals surface area (Å²) in [5.74, 6) is 0.696. The van der Waals surface area contributed by atoms with E-state index in [1.165, 1.54) is 0 Å². The van der Waals surface area contributed by atoms with Crippen molar-refractivity contribution in [3.05, 3.63) is 102 Å². The second-order valence-electron chi connectivity index (χ2n) is 10.2. The number of hydrogen-bond donors (Lipinski definition) is 1. The molecule has 0 aliphatic carbocycles. The molecule has 0 bridgehead atoms. The Bertz CT molecular complexity index is 1600. The van der Waals surface area contributed by atoms with Gasteiger partial charge in [0.2, 0.25) is 0 Å². The van der Waals surface area contributed by atoms with Gasteiger partial charge in [0.15, 0.2) is 5.58 Å². The van der Waals surface area contributed by atoms with Crippen LogP contribution in [0.2, 0.25) is 0 Å². The Morgan fingerprint density at radius 2 is 1.82 bits per heavy atom. The van der Waals surface area contributed by atoms with Crippen molar-refractivity contribution in [2.45, 2.75) is 38.3 Å². The standard InChI is InChI=1S/C31H28N4O3/c1-31(2,37)28-17-22(11-14-34-28)24-12-15-33-25-18-27(38-29(24)25)20-7-9-21(10-8-20)30(36)35-16-4-6-26(35)23-5-3-13-32-19-23/h3,5,7-15,17-19,26,37H,4,6,16H2,1-2H3. The van der Waals surface area contributed by atoms with Crippen molar-refractivity contribution in [1.82, 2.24) is 19.9 Å². The fraction of sp³-hybridized carbons (Fsp3) is 0.226. The molecule has 1 aliphatic rings. The van der Waals surface area contributed by atoms with E-state index in [0.717, 1.165) is 47.2 Å². The van der Waals surface area contributed by atoms with Crippen LogP contribution in [0.25, 0.3) is 33.6 Å². The van der Waals surface area contributed by atoms with Crippen LogP contribution in [0, 0.1) is 0 Å². The molecule has 6 rings (SSSR count). The zero-order valence-corrected chi connectivity index (χ0v) is 21.3. The maximum Gasteiger partial charge on any atom is 0.254 e. The molecule has 4 aromatic heterocycles. The average Bonchev–Trinajstić information content (AvgIpc) is 3.61. The summed E-state index contributed by atoms with van der Waals surface area (Å²) in [5, 5.41) is 10.4. The van der Waals surface area contributed by atoms with Crippen LogP contribution in [-0.4, -0.2) is 37.4 Å². The topological polar surface area (TPSA) is 92.4 Å². The van der Waals surface area contributed by atoms with Gasteiger partial charge >= 0.3 is 0 Å². The predicted octanol–water partition coefficient (Wildman–Crippen LogP) is 6.16. The maximum atomic E-state index is 13.4. The third kappa shape index (κ3) is 4.46. The molecule has 1 amide bonds. The van der Waals surface area contributed by atoms with Crippen LogP contribution in [-0.2, 0) is 5.60 Å². The molecule has 190 valence electrons. The summed E-state index contributed by atoms with van der Waals surface area (Å²) in [6.07, 6.45) is 8.96. The van der Waals surface area contributed by atoms with Crippen molar-refractivity contribution in [1.29, 1.82) is 0 Å². The first-order chi connectivity index (χ1) is 18.4. The molecule has 1 aliphatic heterocycles. The second kappa shape index (κ2) is 9.50. The highest BCUT2D eigenvalue weighted by Gasteiger charge is 2.30. The lowest BCUT2D eigenvalue weighted by Crippen LogP contribution is -2.30. The second-order valence-corrected chi connectivity index (χ2v) is 10.2. The van der Waals surface area contributed by atoms with E-state index in [1.54, 1.807) is 32.4 Å². The molecule has 0 spiro atoms. The van der Waals surface area contributed by atoms with E-state index in [1.807, 2.05) is 71.8 Å². The zero-order valence-electron chi connectivity index (χ0n) is 21.3. The van der Waals surface area contributed by atoms with E-state index in [9.17, 15) is 9.90 Å². The molecule has 1 saturated heterocycles. The summed E-state index contributed by atoms with van der Waals surface area (Å²) in [6, 6.07) is 19.1. The number of aliphatic hydroxyl groups is 1. The van der Waals surface area contributed by atoms with Gasteiger partial charge in [-0.1, -0.05) is 18.2 Å². The van der Waals surface area contributed by atoms with Crippen LogP contribution in [0.3, 0.4) is 0 Å². The van der Waals surface area contributed by atoms with Gasteiger partial charge in [-0.15, -0.1) is 0 Å². The molecule has 5 aromatic rings. The van der Waals surface area contributed by atoms with Gasteiger partial charge in [0.25, 0.3) is 5.91 Å². The maximum absolute atomic E-state index is 13.4. The number of likely N-dealkylation sites (tertiary alicyclic amines) is 1. The van der Waals surface area contributed by atoms with Gasteiger partial charge < -0.3 is 14.4 Å². The molecule has 1 N–H and O–H groups in total. The monoisotopic (exact) mass is 504 g/mol. The lowest BCUT2D eigenvalue weighted by molar-refractivity contribution is 0.0731. The van der Waals surface area contributed by atoms with Crippen molar-refractivity contribution in [2.75, 3.05) is 6.54 Å². The lowest BCUT2D eigenvalue weighted by atomic mass is 10.00. The van der Waals surface area contributed by atoms with E-state index < -0.39 is 5.60 Å². The number of aromatic nitrogens is 3. The molecule has 1 aromatic carbocycles. The largest absolute Gasteiger partial charge is 0.454 e. The van der Waals surface area contributed by atoms with Crippen LogP contribution in [0.5, 0.6) is 0 Å². The molecule has 38 heavy (non-hydrogen) atoms. The fourth-order valence-corrected chi connectivity index (χ4v) is 5.11. The Morgan fingerprint density at radius 3 is 2.58 bits per heavy atom. The van der Waals surface area contributed by atoms with Gasteiger partial charge in [0, 0.05) is 54.1 Å². The zero-order chi connectivity index (χ0) is 26.3. The van der Waals surface area contributed by atoms with E-state index in [0.29, 0.717) is 22.6 Å². The van der Waals surface area contributed by atoms with Gasteiger partial charge in [-0.2, -0.15) is 0 Å². The summed E-state index contributed by atoms with van der Waals surface area (Å²) >= 11 is 0. The first-order valence-electron chi connectivity index (χ1n) is 12.8. The van der Waals surface area contributed by atoms with Gasteiger partial charge in [0.05, 0.1) is 11.7 Å². The quantitative estimate of drug-likeness (QED) is 0.308. The average molecular weight is 505 g/mol. The first-order valence-corrected chi connectivity index (χ1v) is 12.8. The first kappa shape index (κ1) is 24.0. The third-order valence-corrected chi connectivity index (χ3v) is 7.11. The SMILES string of the molecule is CC(C)(O)c1cc(-c2ccnc3cc(-c4ccc(C(=O)N5CCCC5c5cccnc5)cc4)oc23)ccn1. The predicted molar refractivity (Wildman–Crippen MR) is 145 cm³/mol. The van der Waals surface area contributed by atoms with Crippen LogP contribution in [0.15, 0.2) is 89.9 Å². The van der Waals surface area contributed by atoms with Crippen molar-refractivity contribution < 1.29 is 14.3 Å². The Morgan fingerprint density at radius 1 is 1.00 bits per heavy atom. The van der Waals surface area contributed by atoms with Crippen molar-refractivity contribution >= 4 is 17.0 Å². The normalized spacial score (nSPS) is 15.8. The van der Waals surface area contributed by atoms with E-state index in [-0.39, 0.29) is 11.9 Å². The number of nitrogens with zero attached hydrogens (tertiary/aromatic N) is 4. The molecule has 1 atom stereocenters. The number of rotatable bonds is 5. The molecule has 0 radical (unpaired) electrons. The number of hydrogen-bond acceptors (Lipinski definition) is 6. The van der Waals surface area contributed by atoms with Crippen molar-refractivity contribution in [3.63, 3.8) is 0 Å². The van der Waals surface area contributed by atoms with Crippen LogP contribution < -0.4 is 0 Å². The van der Waals surface area contributed by atoms with Crippen molar-refractivity contribution in [2.24, 2.45) is 0 Å². The fourth-order valence-electron chi connectivity index (χ4n) is 5.11. The van der Waals surface area contributed by atoms with E-state index >= 15 is 0 Å². The summed E-state index contributed by atoms with van der Waals surface area (Å²) < 4.78 is 6.29. The minimum atomic E-state index is -1.05. The molecular formula is C31H28N4O3. The van der Waals surface area contributed by atoms with Crippen LogP contribution in [0.4, 0.5) is 0 Å². The Labute approximate surface area is 220 Å². The highest BCUT2D eigenvalue weighted by Crippen LogP contribution is 2.36. The molecule has 7 nitrogen and oxygen atoms in total. The van der Waals surface area contributed by atoms with E-state index in [2.05, 4.69) is 15.0 Å². The lowest BCUT2D eigenvalue weighted by Gasteiger charge is -2.25. The number of carbonyl (C=O) groups is 1. The molecule has 1 unspecified atom stereocenters. The number of furan rings is 1. The summed E-state index contributed by atoms with van der Waals surface area (Å²) in [4.78, 5) is 28.4. The van der Waals surface area contributed by atoms with Gasteiger partial charge in [-0.3, -0.25) is 19.7 Å². The molecular weight excluding hydrogens is 476 g/mol. The molecule has 5 heterocycles. The summed E-state index contributed by atoms with van der Waals surface area (Å²) in [5.41, 5.74) is 5.26. The van der Waals surface area contributed by atoms with E-state index in [4.69, 9.17) is 4.42 Å². The third-order valence-electron chi connectivity index (χ3n) is 7.11. The minimum Gasteiger partial charge on any atom is -0.454 e.